The lowest BCUT2D eigenvalue weighted by Gasteiger charge is -2.03. The molecule has 0 aliphatic heterocycles. The first-order chi connectivity index (χ1) is 8.67. The Morgan fingerprint density at radius 3 is 2.72 bits per heavy atom. The first kappa shape index (κ1) is 12.4. The van der Waals surface area contributed by atoms with E-state index in [2.05, 4.69) is 20.3 Å². The van der Waals surface area contributed by atoms with Crippen molar-refractivity contribution in [3.8, 4) is 0 Å². The number of nitrogens with one attached hydrogen (secondary N) is 3. The summed E-state index contributed by atoms with van der Waals surface area (Å²) in [6, 6.07) is 0. The summed E-state index contributed by atoms with van der Waals surface area (Å²) in [5.74, 6) is 0.508. The molecule has 7 heteroatoms. The number of fused-ring (bicyclic) bond motifs is 1. The van der Waals surface area contributed by atoms with Crippen LogP contribution in [0.4, 0.5) is 5.95 Å². The molecule has 7 nitrogen and oxygen atoms in total. The molecule has 0 amide bonds. The Labute approximate surface area is 103 Å². The van der Waals surface area contributed by atoms with E-state index in [0.29, 0.717) is 30.2 Å². The Bertz CT molecular complexity index is 651. The van der Waals surface area contributed by atoms with Crippen molar-refractivity contribution >= 4 is 17.1 Å². The Morgan fingerprint density at radius 1 is 1.28 bits per heavy atom. The van der Waals surface area contributed by atoms with Crippen molar-refractivity contribution in [2.75, 3.05) is 11.9 Å². The molecular weight excluding hydrogens is 234 g/mol. The third-order valence-electron chi connectivity index (χ3n) is 2.71. The van der Waals surface area contributed by atoms with Gasteiger partial charge in [0.2, 0.25) is 5.95 Å². The predicted molar refractivity (Wildman–Crippen MR) is 70.0 cm³/mol. The third-order valence-corrected chi connectivity index (χ3v) is 2.71. The van der Waals surface area contributed by atoms with Gasteiger partial charge in [0.25, 0.3) is 5.56 Å². The molecular formula is C11H17N5O2. The van der Waals surface area contributed by atoms with Crippen LogP contribution in [0.5, 0.6) is 0 Å². The van der Waals surface area contributed by atoms with Gasteiger partial charge in [0.15, 0.2) is 11.2 Å². The van der Waals surface area contributed by atoms with Crippen molar-refractivity contribution in [2.45, 2.75) is 33.2 Å². The van der Waals surface area contributed by atoms with Crippen molar-refractivity contribution in [1.29, 1.82) is 0 Å². The molecule has 2 heterocycles. The smallest absolute Gasteiger partial charge is 0.330 e. The van der Waals surface area contributed by atoms with Crippen LogP contribution in [0.25, 0.3) is 11.2 Å². The van der Waals surface area contributed by atoms with Crippen molar-refractivity contribution in [3.63, 3.8) is 0 Å². The second-order valence-corrected chi connectivity index (χ2v) is 4.08. The number of hydrogen-bond acceptors (Lipinski definition) is 4. The molecule has 0 aliphatic rings. The lowest BCUT2D eigenvalue weighted by molar-refractivity contribution is 0.613. The number of anilines is 1. The molecule has 0 bridgehead atoms. The van der Waals surface area contributed by atoms with E-state index >= 15 is 0 Å². The molecule has 0 saturated carbocycles. The SMILES string of the molecule is CCCCn1c(=O)[nH]c(=O)c2[nH]c(NCC)nc21. The van der Waals surface area contributed by atoms with E-state index in [0.717, 1.165) is 12.8 Å². The third kappa shape index (κ3) is 2.15. The van der Waals surface area contributed by atoms with Crippen LogP contribution in [0.1, 0.15) is 26.7 Å². The second-order valence-electron chi connectivity index (χ2n) is 4.08. The molecule has 0 saturated heterocycles. The van der Waals surface area contributed by atoms with E-state index in [-0.39, 0.29) is 0 Å². The highest BCUT2D eigenvalue weighted by Gasteiger charge is 2.11. The standard InChI is InChI=1S/C11H17N5O2/c1-3-5-6-16-8-7(9(17)15-11(16)18)13-10(14-8)12-4-2/h3-6H2,1-2H3,(H2,12,13,14)(H,15,17,18). The number of H-pyrrole nitrogens is 2. The molecule has 0 atom stereocenters. The summed E-state index contributed by atoms with van der Waals surface area (Å²) in [7, 11) is 0. The lowest BCUT2D eigenvalue weighted by atomic mass is 10.3. The topological polar surface area (TPSA) is 95.6 Å². The molecule has 2 aromatic rings. The van der Waals surface area contributed by atoms with E-state index in [1.807, 2.05) is 13.8 Å². The molecule has 0 aromatic carbocycles. The molecule has 0 fully saturated rings. The molecule has 0 unspecified atom stereocenters. The van der Waals surface area contributed by atoms with Gasteiger partial charge in [-0.2, -0.15) is 4.98 Å². The normalized spacial score (nSPS) is 11.0. The number of imidazole rings is 1. The first-order valence-electron chi connectivity index (χ1n) is 6.14. The van der Waals surface area contributed by atoms with Crippen LogP contribution >= 0.6 is 0 Å². The Morgan fingerprint density at radius 2 is 2.06 bits per heavy atom. The summed E-state index contributed by atoms with van der Waals surface area (Å²) >= 11 is 0. The molecule has 2 aromatic heterocycles. The summed E-state index contributed by atoms with van der Waals surface area (Å²) in [5.41, 5.74) is -0.0929. The number of aromatic nitrogens is 4. The zero-order valence-corrected chi connectivity index (χ0v) is 10.5. The fourth-order valence-corrected chi connectivity index (χ4v) is 1.82. The number of hydrogen-bond donors (Lipinski definition) is 3. The van der Waals surface area contributed by atoms with E-state index < -0.39 is 11.2 Å². The fraction of sp³-hybridized carbons (Fsp3) is 0.545. The van der Waals surface area contributed by atoms with Gasteiger partial charge in [-0.1, -0.05) is 13.3 Å². The predicted octanol–water partition coefficient (Wildman–Crippen LogP) is 0.645. The van der Waals surface area contributed by atoms with E-state index in [9.17, 15) is 9.59 Å². The Kier molecular flexibility index (Phi) is 3.50. The zero-order valence-electron chi connectivity index (χ0n) is 10.5. The maximum Gasteiger partial charge on any atom is 0.330 e. The summed E-state index contributed by atoms with van der Waals surface area (Å²) in [6.45, 7) is 5.22. The largest absolute Gasteiger partial charge is 0.356 e. The summed E-state index contributed by atoms with van der Waals surface area (Å²) in [4.78, 5) is 32.9. The molecule has 2 rings (SSSR count). The van der Waals surface area contributed by atoms with Gasteiger partial charge in [-0.05, 0) is 13.3 Å². The maximum atomic E-state index is 11.8. The Balaban J connectivity index is 2.60. The van der Waals surface area contributed by atoms with E-state index in [1.54, 1.807) is 0 Å². The summed E-state index contributed by atoms with van der Waals surface area (Å²) in [5, 5.41) is 2.99. The van der Waals surface area contributed by atoms with Gasteiger partial charge in [0.05, 0.1) is 0 Å². The zero-order chi connectivity index (χ0) is 13.1. The highest BCUT2D eigenvalue weighted by Crippen LogP contribution is 2.09. The van der Waals surface area contributed by atoms with Crippen molar-refractivity contribution in [1.82, 2.24) is 19.5 Å². The van der Waals surface area contributed by atoms with E-state index in [1.165, 1.54) is 4.57 Å². The summed E-state index contributed by atoms with van der Waals surface area (Å²) in [6.07, 6.45) is 1.84. The van der Waals surface area contributed by atoms with Crippen molar-refractivity contribution < 1.29 is 0 Å². The van der Waals surface area contributed by atoms with Gasteiger partial charge >= 0.3 is 5.69 Å². The van der Waals surface area contributed by atoms with Crippen LogP contribution in [-0.2, 0) is 6.54 Å². The van der Waals surface area contributed by atoms with Crippen molar-refractivity contribution in [2.24, 2.45) is 0 Å². The van der Waals surface area contributed by atoms with Crippen LogP contribution < -0.4 is 16.6 Å². The van der Waals surface area contributed by atoms with Gasteiger partial charge < -0.3 is 10.3 Å². The van der Waals surface area contributed by atoms with Crippen LogP contribution in [-0.4, -0.2) is 26.1 Å². The van der Waals surface area contributed by atoms with Crippen LogP contribution in [0.3, 0.4) is 0 Å². The highest BCUT2D eigenvalue weighted by atomic mass is 16.2. The van der Waals surface area contributed by atoms with Crippen LogP contribution in [0.15, 0.2) is 9.59 Å². The second kappa shape index (κ2) is 5.07. The van der Waals surface area contributed by atoms with Gasteiger partial charge in [-0.3, -0.25) is 14.3 Å². The van der Waals surface area contributed by atoms with E-state index in [4.69, 9.17) is 0 Å². The van der Waals surface area contributed by atoms with Crippen LogP contribution in [0, 0.1) is 0 Å². The molecule has 0 radical (unpaired) electrons. The summed E-state index contributed by atoms with van der Waals surface area (Å²) < 4.78 is 1.50. The molecule has 0 spiro atoms. The van der Waals surface area contributed by atoms with Gasteiger partial charge in [0.1, 0.15) is 0 Å². The molecule has 18 heavy (non-hydrogen) atoms. The first-order valence-corrected chi connectivity index (χ1v) is 6.14. The minimum Gasteiger partial charge on any atom is -0.356 e. The average molecular weight is 251 g/mol. The number of nitrogens with zero attached hydrogens (tertiary/aromatic N) is 2. The van der Waals surface area contributed by atoms with Crippen molar-refractivity contribution in [3.05, 3.63) is 20.8 Å². The molecule has 0 aliphatic carbocycles. The maximum absolute atomic E-state index is 11.8. The Hall–Kier alpha value is -2.05. The molecule has 98 valence electrons. The van der Waals surface area contributed by atoms with Gasteiger partial charge in [-0.15, -0.1) is 0 Å². The lowest BCUT2D eigenvalue weighted by Crippen LogP contribution is -2.30. The minimum absolute atomic E-state index is 0.335. The molecule has 3 N–H and O–H groups in total. The quantitative estimate of drug-likeness (QED) is 0.726. The highest BCUT2D eigenvalue weighted by molar-refractivity contribution is 5.72. The van der Waals surface area contributed by atoms with Crippen LogP contribution in [0.2, 0.25) is 0 Å². The number of aromatic amines is 2. The minimum atomic E-state index is -0.431. The average Bonchev–Trinajstić information content (AvgIpc) is 2.73. The number of rotatable bonds is 5. The monoisotopic (exact) mass is 251 g/mol. The van der Waals surface area contributed by atoms with Gasteiger partial charge in [0, 0.05) is 13.1 Å². The fourth-order valence-electron chi connectivity index (χ4n) is 1.82. The van der Waals surface area contributed by atoms with Gasteiger partial charge in [-0.25, -0.2) is 4.79 Å². The number of unbranched alkanes of at least 4 members (excludes halogenated alkanes) is 1. The number of aryl methyl sites for hydroxylation is 1.